The Morgan fingerprint density at radius 2 is 1.75 bits per heavy atom. The number of urea groups is 1. The number of nitrogens with one attached hydrogen (secondary N) is 2. The number of hydrogen-bond acceptors (Lipinski definition) is 3. The highest BCUT2D eigenvalue weighted by Crippen LogP contribution is 2.34. The number of hydrogen-bond donors (Lipinski definition) is 2. The Labute approximate surface area is 163 Å². The maximum atomic E-state index is 12.6. The SMILES string of the molecule is CCC(=O)N(c1ccccc1)c1n[nH]c2c1CN(C(=O)Nc1ccccc1)C2. The molecule has 0 radical (unpaired) electrons. The first-order valence-electron chi connectivity index (χ1n) is 9.22. The number of carbonyl (C=O) groups is 2. The molecule has 2 heterocycles. The summed E-state index contributed by atoms with van der Waals surface area (Å²) in [5, 5.41) is 10.3. The van der Waals surface area contributed by atoms with Crippen molar-refractivity contribution in [2.75, 3.05) is 10.2 Å². The van der Waals surface area contributed by atoms with Crippen LogP contribution in [0.3, 0.4) is 0 Å². The summed E-state index contributed by atoms with van der Waals surface area (Å²) < 4.78 is 0. The molecule has 1 aliphatic heterocycles. The van der Waals surface area contributed by atoms with Crippen molar-refractivity contribution in [3.05, 3.63) is 71.9 Å². The van der Waals surface area contributed by atoms with Gasteiger partial charge in [-0.05, 0) is 24.3 Å². The maximum absolute atomic E-state index is 12.6. The molecule has 2 aromatic carbocycles. The summed E-state index contributed by atoms with van der Waals surface area (Å²) in [6.45, 7) is 2.63. The highest BCUT2D eigenvalue weighted by atomic mass is 16.2. The Bertz CT molecular complexity index is 985. The van der Waals surface area contributed by atoms with E-state index >= 15 is 0 Å². The zero-order valence-electron chi connectivity index (χ0n) is 15.6. The summed E-state index contributed by atoms with van der Waals surface area (Å²) in [4.78, 5) is 28.6. The van der Waals surface area contributed by atoms with Gasteiger partial charge in [0.25, 0.3) is 0 Å². The van der Waals surface area contributed by atoms with Gasteiger partial charge in [-0.1, -0.05) is 43.3 Å². The molecule has 3 aromatic rings. The minimum atomic E-state index is -0.185. The zero-order valence-corrected chi connectivity index (χ0v) is 15.6. The van der Waals surface area contributed by atoms with Gasteiger partial charge in [0.15, 0.2) is 5.82 Å². The smallest absolute Gasteiger partial charge is 0.314 e. The molecule has 0 saturated heterocycles. The van der Waals surface area contributed by atoms with E-state index < -0.39 is 0 Å². The number of rotatable bonds is 4. The monoisotopic (exact) mass is 375 g/mol. The summed E-state index contributed by atoms with van der Waals surface area (Å²) in [6.07, 6.45) is 0.356. The second-order valence-corrected chi connectivity index (χ2v) is 6.57. The first kappa shape index (κ1) is 17.8. The van der Waals surface area contributed by atoms with E-state index in [0.29, 0.717) is 25.3 Å². The minimum absolute atomic E-state index is 0.0484. The number of fused-ring (bicyclic) bond motifs is 1. The van der Waals surface area contributed by atoms with Crippen LogP contribution >= 0.6 is 0 Å². The second-order valence-electron chi connectivity index (χ2n) is 6.57. The molecule has 7 heteroatoms. The molecule has 0 saturated carbocycles. The molecule has 4 rings (SSSR count). The van der Waals surface area contributed by atoms with Crippen LogP contribution in [0, 0.1) is 0 Å². The van der Waals surface area contributed by atoms with Crippen LogP contribution in [0.2, 0.25) is 0 Å². The highest BCUT2D eigenvalue weighted by molar-refractivity contribution is 6.00. The molecule has 28 heavy (non-hydrogen) atoms. The van der Waals surface area contributed by atoms with Gasteiger partial charge in [0.2, 0.25) is 5.91 Å². The van der Waals surface area contributed by atoms with E-state index in [0.717, 1.165) is 22.6 Å². The van der Waals surface area contributed by atoms with Gasteiger partial charge in [0, 0.05) is 17.7 Å². The van der Waals surface area contributed by atoms with Crippen LogP contribution < -0.4 is 10.2 Å². The summed E-state index contributed by atoms with van der Waals surface area (Å²) in [5.41, 5.74) is 3.22. The molecule has 0 fully saturated rings. The number of para-hydroxylation sites is 2. The number of aromatic amines is 1. The average molecular weight is 375 g/mol. The first-order valence-corrected chi connectivity index (χ1v) is 9.22. The average Bonchev–Trinajstić information content (AvgIpc) is 3.31. The van der Waals surface area contributed by atoms with Crippen LogP contribution in [-0.2, 0) is 17.9 Å². The number of anilines is 3. The summed E-state index contributed by atoms with van der Waals surface area (Å²) in [7, 11) is 0. The van der Waals surface area contributed by atoms with Gasteiger partial charge in [-0.2, -0.15) is 5.10 Å². The topological polar surface area (TPSA) is 81.3 Å². The third kappa shape index (κ3) is 3.34. The van der Waals surface area contributed by atoms with Gasteiger partial charge >= 0.3 is 6.03 Å². The molecule has 7 nitrogen and oxygen atoms in total. The molecule has 1 aliphatic rings. The third-order valence-corrected chi connectivity index (χ3v) is 4.72. The molecule has 2 N–H and O–H groups in total. The van der Waals surface area contributed by atoms with Crippen LogP contribution in [0.15, 0.2) is 60.7 Å². The molecular formula is C21H21N5O2. The Balaban J connectivity index is 1.58. The second kappa shape index (κ2) is 7.56. The minimum Gasteiger partial charge on any atom is -0.314 e. The van der Waals surface area contributed by atoms with Crippen molar-refractivity contribution in [2.45, 2.75) is 26.4 Å². The highest BCUT2D eigenvalue weighted by Gasteiger charge is 2.32. The fourth-order valence-corrected chi connectivity index (χ4v) is 3.30. The van der Waals surface area contributed by atoms with Gasteiger partial charge in [-0.15, -0.1) is 0 Å². The van der Waals surface area contributed by atoms with Crippen LogP contribution in [0.4, 0.5) is 22.0 Å². The van der Waals surface area contributed by atoms with E-state index in [-0.39, 0.29) is 11.9 Å². The van der Waals surface area contributed by atoms with Crippen molar-refractivity contribution in [3.63, 3.8) is 0 Å². The van der Waals surface area contributed by atoms with Crippen molar-refractivity contribution in [1.29, 1.82) is 0 Å². The lowest BCUT2D eigenvalue weighted by Gasteiger charge is -2.22. The van der Waals surface area contributed by atoms with Crippen LogP contribution in [0.5, 0.6) is 0 Å². The number of amides is 3. The van der Waals surface area contributed by atoms with E-state index in [1.807, 2.05) is 67.6 Å². The molecule has 142 valence electrons. The quantitative estimate of drug-likeness (QED) is 0.722. The van der Waals surface area contributed by atoms with Crippen molar-refractivity contribution in [2.24, 2.45) is 0 Å². The lowest BCUT2D eigenvalue weighted by molar-refractivity contribution is -0.117. The van der Waals surface area contributed by atoms with Crippen molar-refractivity contribution in [3.8, 4) is 0 Å². The Morgan fingerprint density at radius 3 is 2.43 bits per heavy atom. The largest absolute Gasteiger partial charge is 0.322 e. The standard InChI is InChI=1S/C21H21N5O2/c1-2-19(27)26(16-11-7-4-8-12-16)20-17-13-25(14-18(17)23-24-20)21(28)22-15-9-5-3-6-10-15/h3-12H,2,13-14H2,1H3,(H,22,28)(H,23,24). The van der Waals surface area contributed by atoms with Crippen molar-refractivity contribution >= 4 is 29.1 Å². The Morgan fingerprint density at radius 1 is 1.07 bits per heavy atom. The van der Waals surface area contributed by atoms with E-state index in [2.05, 4.69) is 15.5 Å². The first-order chi connectivity index (χ1) is 13.7. The third-order valence-electron chi connectivity index (χ3n) is 4.72. The molecule has 0 unspecified atom stereocenters. The Kier molecular flexibility index (Phi) is 4.80. The summed E-state index contributed by atoms with van der Waals surface area (Å²) >= 11 is 0. The predicted octanol–water partition coefficient (Wildman–Crippen LogP) is 4.03. The molecule has 0 atom stereocenters. The number of carbonyl (C=O) groups excluding carboxylic acids is 2. The summed E-state index contributed by atoms with van der Waals surface area (Å²) in [5.74, 6) is 0.510. The van der Waals surface area contributed by atoms with E-state index in [9.17, 15) is 9.59 Å². The number of aromatic nitrogens is 2. The number of nitrogens with zero attached hydrogens (tertiary/aromatic N) is 3. The fraction of sp³-hybridized carbons (Fsp3) is 0.190. The summed E-state index contributed by atoms with van der Waals surface area (Å²) in [6, 6.07) is 18.6. The van der Waals surface area contributed by atoms with Gasteiger partial charge in [-0.3, -0.25) is 14.8 Å². The number of H-pyrrole nitrogens is 1. The molecule has 0 bridgehead atoms. The maximum Gasteiger partial charge on any atom is 0.322 e. The van der Waals surface area contributed by atoms with Crippen LogP contribution in [-0.4, -0.2) is 27.0 Å². The fourth-order valence-electron chi connectivity index (χ4n) is 3.30. The van der Waals surface area contributed by atoms with Gasteiger partial charge in [-0.25, -0.2) is 4.79 Å². The lowest BCUT2D eigenvalue weighted by atomic mass is 10.2. The normalized spacial score (nSPS) is 12.5. The molecule has 0 aliphatic carbocycles. The number of benzene rings is 2. The Hall–Kier alpha value is -3.61. The predicted molar refractivity (Wildman–Crippen MR) is 107 cm³/mol. The van der Waals surface area contributed by atoms with Crippen LogP contribution in [0.25, 0.3) is 0 Å². The van der Waals surface area contributed by atoms with Gasteiger partial charge < -0.3 is 10.2 Å². The molecule has 1 aromatic heterocycles. The van der Waals surface area contributed by atoms with E-state index in [4.69, 9.17) is 0 Å². The van der Waals surface area contributed by atoms with Gasteiger partial charge in [0.1, 0.15) is 0 Å². The van der Waals surface area contributed by atoms with Crippen molar-refractivity contribution in [1.82, 2.24) is 15.1 Å². The van der Waals surface area contributed by atoms with Crippen LogP contribution in [0.1, 0.15) is 24.6 Å². The zero-order chi connectivity index (χ0) is 19.5. The molecule has 3 amide bonds. The van der Waals surface area contributed by atoms with E-state index in [1.165, 1.54) is 0 Å². The molecule has 0 spiro atoms. The van der Waals surface area contributed by atoms with E-state index in [1.54, 1.807) is 9.80 Å². The van der Waals surface area contributed by atoms with Gasteiger partial charge in [0.05, 0.1) is 24.5 Å². The van der Waals surface area contributed by atoms with Crippen molar-refractivity contribution < 1.29 is 9.59 Å². The molecular weight excluding hydrogens is 354 g/mol. The lowest BCUT2D eigenvalue weighted by Crippen LogP contribution is -2.31.